The van der Waals surface area contributed by atoms with E-state index in [9.17, 15) is 9.59 Å². The maximum Gasteiger partial charge on any atom is 0.267 e. The van der Waals surface area contributed by atoms with Crippen LogP contribution in [-0.4, -0.2) is 27.3 Å². The first-order valence-corrected chi connectivity index (χ1v) is 10.3. The van der Waals surface area contributed by atoms with Crippen molar-refractivity contribution in [3.05, 3.63) is 70.5 Å². The number of benzene rings is 2. The smallest absolute Gasteiger partial charge is 0.267 e. The molecule has 2 aromatic heterocycles. The van der Waals surface area contributed by atoms with Crippen LogP contribution in [0.2, 0.25) is 0 Å². The first kappa shape index (κ1) is 19.8. The minimum absolute atomic E-state index is 0.196. The molecule has 1 amide bonds. The molecule has 4 aromatic rings. The van der Waals surface area contributed by atoms with Crippen molar-refractivity contribution in [2.75, 3.05) is 11.9 Å². The number of hydrogen-bond donors (Lipinski definition) is 1. The number of hydrogen-bond acceptors (Lipinski definition) is 6. The number of nitrogens with one attached hydrogen (secondary N) is 1. The van der Waals surface area contributed by atoms with Gasteiger partial charge in [0, 0.05) is 11.6 Å². The maximum absolute atomic E-state index is 12.5. The molecule has 0 spiro atoms. The van der Waals surface area contributed by atoms with E-state index in [0.717, 1.165) is 31.8 Å². The molecule has 0 aliphatic carbocycles. The number of thiazole rings is 1. The Morgan fingerprint density at radius 2 is 1.93 bits per heavy atom. The van der Waals surface area contributed by atoms with Crippen LogP contribution in [0.1, 0.15) is 12.5 Å². The van der Waals surface area contributed by atoms with Gasteiger partial charge in [-0.2, -0.15) is 5.10 Å². The maximum atomic E-state index is 12.5. The highest BCUT2D eigenvalue weighted by Crippen LogP contribution is 2.26. The molecular weight excluding hydrogens is 400 g/mol. The van der Waals surface area contributed by atoms with Gasteiger partial charge in [0.25, 0.3) is 5.56 Å². The van der Waals surface area contributed by atoms with Crippen LogP contribution >= 0.6 is 11.3 Å². The highest BCUT2D eigenvalue weighted by molar-refractivity contribution is 7.22. The molecule has 0 unspecified atom stereocenters. The highest BCUT2D eigenvalue weighted by Gasteiger charge is 2.11. The van der Waals surface area contributed by atoms with Gasteiger partial charge in [0.2, 0.25) is 5.91 Å². The van der Waals surface area contributed by atoms with E-state index in [1.54, 1.807) is 6.07 Å². The van der Waals surface area contributed by atoms with Gasteiger partial charge in [-0.1, -0.05) is 17.4 Å². The van der Waals surface area contributed by atoms with E-state index in [1.807, 2.05) is 56.3 Å². The van der Waals surface area contributed by atoms with Crippen LogP contribution in [0.25, 0.3) is 21.5 Å². The summed E-state index contributed by atoms with van der Waals surface area (Å²) in [6, 6.07) is 16.4. The molecule has 0 aliphatic rings. The van der Waals surface area contributed by atoms with Crippen molar-refractivity contribution in [2.45, 2.75) is 20.4 Å². The lowest BCUT2D eigenvalue weighted by molar-refractivity contribution is -0.117. The lowest BCUT2D eigenvalue weighted by atomic mass is 10.1. The summed E-state index contributed by atoms with van der Waals surface area (Å²) >= 11 is 1.40. The van der Waals surface area contributed by atoms with E-state index in [1.165, 1.54) is 17.4 Å². The molecule has 0 radical (unpaired) electrons. The summed E-state index contributed by atoms with van der Waals surface area (Å²) in [6.07, 6.45) is 0. The molecule has 1 N–H and O–H groups in total. The predicted molar refractivity (Wildman–Crippen MR) is 118 cm³/mol. The molecule has 8 heteroatoms. The van der Waals surface area contributed by atoms with Crippen molar-refractivity contribution in [1.29, 1.82) is 0 Å². The first-order valence-electron chi connectivity index (χ1n) is 9.50. The van der Waals surface area contributed by atoms with Gasteiger partial charge in [-0.3, -0.25) is 9.59 Å². The first-order chi connectivity index (χ1) is 14.5. The van der Waals surface area contributed by atoms with Gasteiger partial charge in [-0.15, -0.1) is 0 Å². The fourth-order valence-corrected chi connectivity index (χ4v) is 3.97. The van der Waals surface area contributed by atoms with Crippen molar-refractivity contribution >= 4 is 32.6 Å². The zero-order valence-electron chi connectivity index (χ0n) is 16.6. The number of aromatic nitrogens is 3. The van der Waals surface area contributed by atoms with Crippen molar-refractivity contribution in [3.8, 4) is 17.0 Å². The number of nitrogens with zero attached hydrogens (tertiary/aromatic N) is 3. The Kier molecular flexibility index (Phi) is 5.58. The second-order valence-electron chi connectivity index (χ2n) is 6.71. The second-order valence-corrected chi connectivity index (χ2v) is 7.74. The Labute approximate surface area is 177 Å². The third-order valence-electron chi connectivity index (χ3n) is 4.41. The number of ether oxygens (including phenoxy) is 1. The summed E-state index contributed by atoms with van der Waals surface area (Å²) in [7, 11) is 0. The summed E-state index contributed by atoms with van der Waals surface area (Å²) in [5.74, 6) is 0.407. The van der Waals surface area contributed by atoms with Crippen LogP contribution in [0, 0.1) is 6.92 Å². The van der Waals surface area contributed by atoms with Gasteiger partial charge in [0.15, 0.2) is 5.13 Å². The van der Waals surface area contributed by atoms with Gasteiger partial charge < -0.3 is 10.1 Å². The van der Waals surface area contributed by atoms with Crippen molar-refractivity contribution in [2.24, 2.45) is 0 Å². The number of aryl methyl sites for hydroxylation is 1. The average Bonchev–Trinajstić information content (AvgIpc) is 3.11. The summed E-state index contributed by atoms with van der Waals surface area (Å²) < 4.78 is 7.59. The predicted octanol–water partition coefficient (Wildman–Crippen LogP) is 3.87. The fraction of sp³-hybridized carbons (Fsp3) is 0.182. The largest absolute Gasteiger partial charge is 0.494 e. The van der Waals surface area contributed by atoms with E-state index < -0.39 is 0 Å². The normalized spacial score (nSPS) is 10.9. The quantitative estimate of drug-likeness (QED) is 0.512. The van der Waals surface area contributed by atoms with Gasteiger partial charge >= 0.3 is 0 Å². The molecule has 0 bridgehead atoms. The molecule has 2 aromatic carbocycles. The van der Waals surface area contributed by atoms with E-state index in [0.29, 0.717) is 17.4 Å². The molecule has 0 fully saturated rings. The van der Waals surface area contributed by atoms with E-state index in [2.05, 4.69) is 15.4 Å². The number of carbonyl (C=O) groups excluding carboxylic acids is 1. The van der Waals surface area contributed by atoms with E-state index >= 15 is 0 Å². The van der Waals surface area contributed by atoms with Gasteiger partial charge in [-0.05, 0) is 61.9 Å². The Hall–Kier alpha value is -3.52. The third-order valence-corrected chi connectivity index (χ3v) is 5.34. The summed E-state index contributed by atoms with van der Waals surface area (Å²) in [4.78, 5) is 29.1. The minimum Gasteiger partial charge on any atom is -0.494 e. The fourth-order valence-electron chi connectivity index (χ4n) is 2.98. The number of anilines is 1. The molecular formula is C22H20N4O3S. The number of fused-ring (bicyclic) bond motifs is 1. The minimum atomic E-state index is -0.357. The second kappa shape index (κ2) is 8.46. The number of carbonyl (C=O) groups is 1. The zero-order chi connectivity index (χ0) is 21.1. The Morgan fingerprint density at radius 1 is 1.13 bits per heavy atom. The standard InChI is InChI=1S/C22H20N4O3S/c1-3-29-16-7-5-15(6-8-16)17-10-11-21(28)26(25-17)13-20(27)24-22-23-18-9-4-14(2)12-19(18)30-22/h4-12H,3,13H2,1-2H3,(H,23,24,27). The third kappa shape index (κ3) is 4.38. The molecule has 0 atom stereocenters. The van der Waals surface area contributed by atoms with Crippen LogP contribution < -0.4 is 15.6 Å². The van der Waals surface area contributed by atoms with Crippen molar-refractivity contribution < 1.29 is 9.53 Å². The monoisotopic (exact) mass is 420 g/mol. The van der Waals surface area contributed by atoms with Gasteiger partial charge in [-0.25, -0.2) is 9.67 Å². The molecule has 0 saturated heterocycles. The average molecular weight is 420 g/mol. The Balaban J connectivity index is 1.51. The molecule has 2 heterocycles. The number of amides is 1. The van der Waals surface area contributed by atoms with Crippen LogP contribution in [0.3, 0.4) is 0 Å². The van der Waals surface area contributed by atoms with Crippen molar-refractivity contribution in [3.63, 3.8) is 0 Å². The lowest BCUT2D eigenvalue weighted by Crippen LogP contribution is -2.29. The molecule has 7 nitrogen and oxygen atoms in total. The van der Waals surface area contributed by atoms with Crippen molar-refractivity contribution in [1.82, 2.24) is 14.8 Å². The Bertz CT molecular complexity index is 1260. The summed E-state index contributed by atoms with van der Waals surface area (Å²) in [5, 5.41) is 7.60. The zero-order valence-corrected chi connectivity index (χ0v) is 17.4. The molecule has 0 saturated carbocycles. The molecule has 30 heavy (non-hydrogen) atoms. The molecule has 4 rings (SSSR count). The van der Waals surface area contributed by atoms with Crippen LogP contribution in [0.15, 0.2) is 59.4 Å². The van der Waals surface area contributed by atoms with Crippen LogP contribution in [0.5, 0.6) is 5.75 Å². The molecule has 0 aliphatic heterocycles. The SMILES string of the molecule is CCOc1ccc(-c2ccc(=O)n(CC(=O)Nc3nc4ccc(C)cc4s3)n2)cc1. The Morgan fingerprint density at radius 3 is 2.70 bits per heavy atom. The van der Waals surface area contributed by atoms with Gasteiger partial charge in [0.1, 0.15) is 12.3 Å². The van der Waals surface area contributed by atoms with E-state index in [-0.39, 0.29) is 18.0 Å². The number of rotatable bonds is 6. The molecule has 152 valence electrons. The summed E-state index contributed by atoms with van der Waals surface area (Å²) in [6.45, 7) is 4.32. The van der Waals surface area contributed by atoms with E-state index in [4.69, 9.17) is 4.74 Å². The topological polar surface area (TPSA) is 86.1 Å². The lowest BCUT2D eigenvalue weighted by Gasteiger charge is -2.08. The van der Waals surface area contributed by atoms with Gasteiger partial charge in [0.05, 0.1) is 22.5 Å². The van der Waals surface area contributed by atoms with Crippen LogP contribution in [0.4, 0.5) is 5.13 Å². The van der Waals surface area contributed by atoms with Crippen LogP contribution in [-0.2, 0) is 11.3 Å². The highest BCUT2D eigenvalue weighted by atomic mass is 32.1. The summed E-state index contributed by atoms with van der Waals surface area (Å²) in [5.41, 5.74) is 3.04.